The van der Waals surface area contributed by atoms with Crippen LogP contribution in [0.1, 0.15) is 82.4 Å². The van der Waals surface area contributed by atoms with Crippen molar-refractivity contribution in [2.24, 2.45) is 5.92 Å². The van der Waals surface area contributed by atoms with Crippen LogP contribution in [0.3, 0.4) is 0 Å². The number of hydrogen-bond donors (Lipinski definition) is 1. The van der Waals surface area contributed by atoms with Gasteiger partial charge in [0, 0.05) is 48.7 Å². The fourth-order valence-electron chi connectivity index (χ4n) is 5.25. The number of aromatic amines is 1. The van der Waals surface area contributed by atoms with Gasteiger partial charge < -0.3 is 19.0 Å². The van der Waals surface area contributed by atoms with Crippen LogP contribution in [0.4, 0.5) is 0 Å². The van der Waals surface area contributed by atoms with Gasteiger partial charge in [-0.25, -0.2) is 4.98 Å². The Bertz CT molecular complexity index is 1920. The number of rotatable bonds is 9. The molecule has 8 nitrogen and oxygen atoms in total. The van der Waals surface area contributed by atoms with Crippen LogP contribution in [0.25, 0.3) is 37.6 Å². The quantitative estimate of drug-likeness (QED) is 0.0735. The van der Waals surface area contributed by atoms with Crippen LogP contribution < -0.4 is 5.56 Å². The van der Waals surface area contributed by atoms with E-state index < -0.39 is 0 Å². The maximum absolute atomic E-state index is 13.1. The van der Waals surface area contributed by atoms with Gasteiger partial charge in [0.15, 0.2) is 11.6 Å². The van der Waals surface area contributed by atoms with E-state index >= 15 is 0 Å². The number of fused-ring (bicyclic) bond motifs is 4. The Morgan fingerprint density at radius 2 is 1.79 bits per heavy atom. The number of hydrogen-bond acceptors (Lipinski definition) is 7. The maximum Gasteiger partial charge on any atom is 0.253 e. The van der Waals surface area contributed by atoms with Gasteiger partial charge in [0.1, 0.15) is 6.79 Å². The molecule has 0 amide bonds. The predicted octanol–water partition coefficient (Wildman–Crippen LogP) is 8.96. The number of benzene rings is 2. The zero-order chi connectivity index (χ0) is 34.5. The van der Waals surface area contributed by atoms with Crippen molar-refractivity contribution in [2.75, 3.05) is 21.0 Å². The summed E-state index contributed by atoms with van der Waals surface area (Å²) in [4.78, 5) is 46.4. The molecule has 0 saturated heterocycles. The molecule has 0 atom stereocenters. The average molecular weight is 658 g/mol. The van der Waals surface area contributed by atoms with E-state index in [2.05, 4.69) is 26.4 Å². The number of Topliss-reactive ketones (excluding diaryl/α,β-unsaturated/α-hetero) is 2. The molecule has 6 rings (SSSR count). The number of aromatic nitrogens is 3. The number of thiazole rings is 1. The highest BCUT2D eigenvalue weighted by atomic mass is 32.1. The molecule has 47 heavy (non-hydrogen) atoms. The molecular weight excluding hydrogens is 611 g/mol. The normalized spacial score (nSPS) is 12.7. The summed E-state index contributed by atoms with van der Waals surface area (Å²) in [5.74, 6) is 0.792. The van der Waals surface area contributed by atoms with E-state index in [1.165, 1.54) is 44.4 Å². The summed E-state index contributed by atoms with van der Waals surface area (Å²) in [7, 11) is 3.17. The first kappa shape index (κ1) is 37.3. The van der Waals surface area contributed by atoms with Crippen LogP contribution in [0.15, 0.2) is 71.0 Å². The Kier molecular flexibility index (Phi) is 14.5. The van der Waals surface area contributed by atoms with Crippen molar-refractivity contribution in [1.82, 2.24) is 14.5 Å². The molecule has 1 fully saturated rings. The van der Waals surface area contributed by atoms with Gasteiger partial charge in [-0.3, -0.25) is 14.4 Å². The van der Waals surface area contributed by atoms with Crippen molar-refractivity contribution in [1.29, 1.82) is 0 Å². The van der Waals surface area contributed by atoms with Gasteiger partial charge in [-0.1, -0.05) is 76.5 Å². The fraction of sp³-hybridized carbons (Fsp3) is 0.368. The van der Waals surface area contributed by atoms with Crippen molar-refractivity contribution >= 4 is 60.5 Å². The number of pyridine rings is 1. The van der Waals surface area contributed by atoms with E-state index in [0.29, 0.717) is 29.2 Å². The first-order chi connectivity index (χ1) is 22.7. The minimum absolute atomic E-state index is 0.152. The molecule has 9 heteroatoms. The SMILES string of the molecule is C/C=C\C=C(/C(C)=O)c1c(C(C)=O)n(Cc2cc3ccccc3[nH]c2=O)c2ccc3scnc3c12.CC.CCC1CC1.COCOC. The number of carbonyl (C=O) groups is 2. The van der Waals surface area contributed by atoms with Gasteiger partial charge in [-0.2, -0.15) is 0 Å². The third kappa shape index (κ3) is 9.22. The standard InChI is InChI=1S/C28H23N3O3S.C5H10.C3H8O2.C2H6/c1-4-5-9-20(16(2)32)24-25-22(11-12-23-26(25)29-15-35-23)31(27(24)17(3)33)14-19-13-18-8-6-7-10-21(18)30-28(19)34;1-2-5-3-4-5;1-4-3-5-2;1-2/h4-13,15H,14H2,1-3H3,(H,30,34);5H,2-4H2,1H3;3H2,1-2H3;1-2H3/b5-4-,20-9+;;;. The lowest BCUT2D eigenvalue weighted by atomic mass is 9.96. The smallest absolute Gasteiger partial charge is 0.253 e. The zero-order valence-corrected chi connectivity index (χ0v) is 29.6. The maximum atomic E-state index is 13.1. The van der Waals surface area contributed by atoms with Crippen molar-refractivity contribution in [3.05, 3.63) is 93.4 Å². The van der Waals surface area contributed by atoms with E-state index in [0.717, 1.165) is 37.9 Å². The molecule has 3 aromatic heterocycles. The van der Waals surface area contributed by atoms with Gasteiger partial charge in [-0.05, 0) is 49.4 Å². The molecule has 5 aromatic rings. The summed E-state index contributed by atoms with van der Waals surface area (Å²) >= 11 is 1.50. The number of nitrogens with one attached hydrogen (secondary N) is 1. The van der Waals surface area contributed by atoms with Gasteiger partial charge in [0.05, 0.1) is 33.5 Å². The van der Waals surface area contributed by atoms with Crippen LogP contribution in [-0.4, -0.2) is 47.1 Å². The number of para-hydroxylation sites is 1. The number of allylic oxidation sites excluding steroid dienone is 4. The highest BCUT2D eigenvalue weighted by Crippen LogP contribution is 2.38. The molecule has 3 heterocycles. The molecule has 1 saturated carbocycles. The number of nitrogens with zero attached hydrogens (tertiary/aromatic N) is 2. The summed E-state index contributed by atoms with van der Waals surface area (Å²) < 4.78 is 11.7. The van der Waals surface area contributed by atoms with Gasteiger partial charge in [-0.15, -0.1) is 11.3 Å². The predicted molar refractivity (Wildman–Crippen MR) is 196 cm³/mol. The second kappa shape index (κ2) is 18.2. The highest BCUT2D eigenvalue weighted by Gasteiger charge is 2.27. The lowest BCUT2D eigenvalue weighted by Gasteiger charge is -2.11. The van der Waals surface area contributed by atoms with E-state index in [1.54, 1.807) is 31.9 Å². The van der Waals surface area contributed by atoms with E-state index in [-0.39, 0.29) is 23.7 Å². The van der Waals surface area contributed by atoms with Crippen molar-refractivity contribution in [3.8, 4) is 0 Å². The molecular formula is C38H47N3O5S. The first-order valence-corrected chi connectivity index (χ1v) is 17.0. The second-order valence-electron chi connectivity index (χ2n) is 10.9. The van der Waals surface area contributed by atoms with Crippen molar-refractivity contribution < 1.29 is 19.1 Å². The molecule has 1 aliphatic rings. The monoisotopic (exact) mass is 657 g/mol. The number of ketones is 2. The first-order valence-electron chi connectivity index (χ1n) is 16.1. The minimum atomic E-state index is -0.215. The summed E-state index contributed by atoms with van der Waals surface area (Å²) in [6.45, 7) is 11.7. The average Bonchev–Trinajstić information content (AvgIpc) is 3.70. The number of methoxy groups -OCH3 is 2. The van der Waals surface area contributed by atoms with Crippen molar-refractivity contribution in [2.45, 2.75) is 67.3 Å². The lowest BCUT2D eigenvalue weighted by molar-refractivity contribution is -0.111. The molecule has 1 N–H and O–H groups in total. The summed E-state index contributed by atoms with van der Waals surface area (Å²) in [5.41, 5.74) is 5.70. The largest absolute Gasteiger partial charge is 0.359 e. The Hall–Kier alpha value is -4.18. The van der Waals surface area contributed by atoms with E-state index in [1.807, 2.05) is 73.9 Å². The Labute approximate surface area is 281 Å². The van der Waals surface area contributed by atoms with Gasteiger partial charge in [0.25, 0.3) is 5.56 Å². The molecule has 2 aromatic carbocycles. The highest BCUT2D eigenvalue weighted by molar-refractivity contribution is 7.16. The molecule has 0 unspecified atom stereocenters. The summed E-state index contributed by atoms with van der Waals surface area (Å²) in [6, 6.07) is 13.3. The van der Waals surface area contributed by atoms with E-state index in [4.69, 9.17) is 0 Å². The number of ether oxygens (including phenoxy) is 2. The molecule has 1 aliphatic carbocycles. The molecule has 0 spiro atoms. The van der Waals surface area contributed by atoms with Crippen LogP contribution in [0, 0.1) is 5.92 Å². The Morgan fingerprint density at radius 3 is 2.34 bits per heavy atom. The minimum Gasteiger partial charge on any atom is -0.359 e. The molecule has 0 radical (unpaired) electrons. The number of carbonyl (C=O) groups excluding carboxylic acids is 2. The Morgan fingerprint density at radius 1 is 1.09 bits per heavy atom. The Balaban J connectivity index is 0.000000427. The third-order valence-electron chi connectivity index (χ3n) is 7.63. The molecule has 250 valence electrons. The lowest BCUT2D eigenvalue weighted by Crippen LogP contribution is -2.18. The molecule has 0 aliphatic heterocycles. The van der Waals surface area contributed by atoms with Crippen LogP contribution in [-0.2, 0) is 20.8 Å². The van der Waals surface area contributed by atoms with Gasteiger partial charge >= 0.3 is 0 Å². The topological polar surface area (TPSA) is 103 Å². The van der Waals surface area contributed by atoms with E-state index in [9.17, 15) is 14.4 Å². The second-order valence-corrected chi connectivity index (χ2v) is 11.8. The van der Waals surface area contributed by atoms with Crippen molar-refractivity contribution in [3.63, 3.8) is 0 Å². The van der Waals surface area contributed by atoms with Crippen LogP contribution in [0.5, 0.6) is 0 Å². The third-order valence-corrected chi connectivity index (χ3v) is 8.43. The molecule has 0 bridgehead atoms. The van der Waals surface area contributed by atoms with Crippen LogP contribution >= 0.6 is 11.3 Å². The van der Waals surface area contributed by atoms with Gasteiger partial charge in [0.2, 0.25) is 0 Å². The zero-order valence-electron chi connectivity index (χ0n) is 28.8. The summed E-state index contributed by atoms with van der Waals surface area (Å²) in [6.07, 6.45) is 9.80. The fourth-order valence-corrected chi connectivity index (χ4v) is 5.94. The summed E-state index contributed by atoms with van der Waals surface area (Å²) in [5, 5.41) is 1.65. The van der Waals surface area contributed by atoms with Crippen LogP contribution in [0.2, 0.25) is 0 Å². The number of H-pyrrole nitrogens is 1.